The lowest BCUT2D eigenvalue weighted by Gasteiger charge is -2.26. The minimum Gasteiger partial charge on any atom is -0.394 e. The van der Waals surface area contributed by atoms with Gasteiger partial charge in [0.1, 0.15) is 5.82 Å². The average Bonchev–Trinajstić information content (AvgIpc) is 2.73. The summed E-state index contributed by atoms with van der Waals surface area (Å²) in [6, 6.07) is 0. The molecular weight excluding hydrogens is 194 g/mol. The van der Waals surface area contributed by atoms with Crippen LogP contribution in [0.25, 0.3) is 0 Å². The van der Waals surface area contributed by atoms with E-state index in [4.69, 9.17) is 10.2 Å². The van der Waals surface area contributed by atoms with Crippen molar-refractivity contribution in [2.75, 3.05) is 13.2 Å². The van der Waals surface area contributed by atoms with Crippen molar-refractivity contribution in [1.29, 1.82) is 0 Å². The first-order chi connectivity index (χ1) is 7.15. The first kappa shape index (κ1) is 12.2. The molecule has 5 nitrogen and oxygen atoms in total. The molecule has 1 aromatic rings. The van der Waals surface area contributed by atoms with Gasteiger partial charge in [0.05, 0.1) is 25.3 Å². The number of aryl methyl sites for hydroxylation is 1. The van der Waals surface area contributed by atoms with Crippen molar-refractivity contribution < 1.29 is 10.2 Å². The summed E-state index contributed by atoms with van der Waals surface area (Å²) >= 11 is 0. The van der Waals surface area contributed by atoms with Crippen molar-refractivity contribution in [2.45, 2.75) is 32.5 Å². The largest absolute Gasteiger partial charge is 0.394 e. The third-order valence-electron chi connectivity index (χ3n) is 2.51. The number of hydrogen-bond donors (Lipinski definition) is 3. The van der Waals surface area contributed by atoms with Gasteiger partial charge < -0.3 is 20.1 Å². The van der Waals surface area contributed by atoms with Crippen LogP contribution in [0.3, 0.4) is 0 Å². The lowest BCUT2D eigenvalue weighted by atomic mass is 10.1. The molecule has 0 fully saturated rings. The second-order valence-electron chi connectivity index (χ2n) is 3.86. The molecule has 5 heteroatoms. The molecule has 3 N–H and O–H groups in total. The van der Waals surface area contributed by atoms with E-state index in [9.17, 15) is 0 Å². The normalized spacial score (nSPS) is 12.0. The number of nitrogens with zero attached hydrogens (tertiary/aromatic N) is 2. The highest BCUT2D eigenvalue weighted by Gasteiger charge is 2.21. The Kier molecular flexibility index (Phi) is 4.26. The van der Waals surface area contributed by atoms with E-state index < -0.39 is 5.54 Å². The molecule has 0 radical (unpaired) electrons. The molecule has 0 bridgehead atoms. The molecule has 0 aromatic carbocycles. The molecule has 0 saturated carbocycles. The highest BCUT2D eigenvalue weighted by atomic mass is 16.3. The van der Waals surface area contributed by atoms with E-state index in [2.05, 4.69) is 10.3 Å². The van der Waals surface area contributed by atoms with Gasteiger partial charge in [0, 0.05) is 18.9 Å². The molecular formula is C10H19N3O2. The van der Waals surface area contributed by atoms with Crippen molar-refractivity contribution in [1.82, 2.24) is 14.9 Å². The van der Waals surface area contributed by atoms with Crippen LogP contribution in [-0.4, -0.2) is 38.5 Å². The van der Waals surface area contributed by atoms with Crippen LogP contribution in [0, 0.1) is 0 Å². The number of nitrogens with one attached hydrogen (secondary N) is 1. The van der Waals surface area contributed by atoms with Gasteiger partial charge in [-0.05, 0) is 13.8 Å². The fraction of sp³-hybridized carbons (Fsp3) is 0.700. The van der Waals surface area contributed by atoms with E-state index in [1.54, 1.807) is 13.1 Å². The van der Waals surface area contributed by atoms with Crippen LogP contribution < -0.4 is 5.32 Å². The maximum Gasteiger partial charge on any atom is 0.122 e. The van der Waals surface area contributed by atoms with Gasteiger partial charge in [0.25, 0.3) is 0 Å². The molecule has 15 heavy (non-hydrogen) atoms. The molecule has 1 heterocycles. The summed E-state index contributed by atoms with van der Waals surface area (Å²) in [7, 11) is 0. The molecule has 0 aliphatic heterocycles. The summed E-state index contributed by atoms with van der Waals surface area (Å²) < 4.78 is 2.02. The molecule has 1 aromatic heterocycles. The second kappa shape index (κ2) is 5.25. The van der Waals surface area contributed by atoms with E-state index in [1.165, 1.54) is 0 Å². The van der Waals surface area contributed by atoms with Gasteiger partial charge in [-0.3, -0.25) is 0 Å². The third-order valence-corrected chi connectivity index (χ3v) is 2.51. The number of aliphatic hydroxyl groups is 2. The summed E-state index contributed by atoms with van der Waals surface area (Å²) in [5, 5.41) is 21.3. The SMILES string of the molecule is CCn1ccnc1CNC(C)(CO)CO. The molecule has 0 saturated heterocycles. The molecule has 0 atom stereocenters. The van der Waals surface area contributed by atoms with Crippen molar-refractivity contribution in [3.05, 3.63) is 18.2 Å². The minimum absolute atomic E-state index is 0.101. The first-order valence-electron chi connectivity index (χ1n) is 5.12. The number of hydrogen-bond acceptors (Lipinski definition) is 4. The van der Waals surface area contributed by atoms with Gasteiger partial charge in [0.15, 0.2) is 0 Å². The highest BCUT2D eigenvalue weighted by Crippen LogP contribution is 2.04. The van der Waals surface area contributed by atoms with E-state index in [-0.39, 0.29) is 13.2 Å². The Bertz CT molecular complexity index is 295. The Balaban J connectivity index is 2.56. The topological polar surface area (TPSA) is 70.3 Å². The minimum atomic E-state index is -0.648. The zero-order valence-electron chi connectivity index (χ0n) is 9.27. The maximum atomic E-state index is 9.09. The van der Waals surface area contributed by atoms with Gasteiger partial charge in [-0.2, -0.15) is 0 Å². The Morgan fingerprint density at radius 2 is 2.13 bits per heavy atom. The van der Waals surface area contributed by atoms with Crippen molar-refractivity contribution in [3.8, 4) is 0 Å². The molecule has 0 amide bonds. The molecule has 0 spiro atoms. The van der Waals surface area contributed by atoms with Gasteiger partial charge in [0.2, 0.25) is 0 Å². The number of imidazole rings is 1. The third kappa shape index (κ3) is 3.02. The van der Waals surface area contributed by atoms with E-state index in [0.717, 1.165) is 12.4 Å². The van der Waals surface area contributed by atoms with Crippen LogP contribution in [0.5, 0.6) is 0 Å². The Morgan fingerprint density at radius 3 is 2.67 bits per heavy atom. The first-order valence-corrected chi connectivity index (χ1v) is 5.12. The fourth-order valence-corrected chi connectivity index (χ4v) is 1.25. The van der Waals surface area contributed by atoms with Crippen LogP contribution in [0.15, 0.2) is 12.4 Å². The van der Waals surface area contributed by atoms with Crippen molar-refractivity contribution in [2.24, 2.45) is 0 Å². The predicted molar refractivity (Wildman–Crippen MR) is 57.3 cm³/mol. The van der Waals surface area contributed by atoms with Crippen LogP contribution in [0.2, 0.25) is 0 Å². The predicted octanol–water partition coefficient (Wildman–Crippen LogP) is -0.264. The maximum absolute atomic E-state index is 9.09. The number of aromatic nitrogens is 2. The van der Waals surface area contributed by atoms with E-state index >= 15 is 0 Å². The van der Waals surface area contributed by atoms with Gasteiger partial charge in [-0.25, -0.2) is 4.98 Å². The van der Waals surface area contributed by atoms with Crippen molar-refractivity contribution in [3.63, 3.8) is 0 Å². The zero-order valence-corrected chi connectivity index (χ0v) is 9.27. The molecule has 0 aliphatic carbocycles. The molecule has 0 aliphatic rings. The summed E-state index contributed by atoms with van der Waals surface area (Å²) in [6.45, 7) is 5.02. The lowest BCUT2D eigenvalue weighted by molar-refractivity contribution is 0.102. The summed E-state index contributed by atoms with van der Waals surface area (Å²) in [4.78, 5) is 4.20. The second-order valence-corrected chi connectivity index (χ2v) is 3.86. The molecule has 0 unspecified atom stereocenters. The zero-order chi connectivity index (χ0) is 11.3. The standard InChI is InChI=1S/C10H19N3O2/c1-3-13-5-4-11-9(13)6-12-10(2,7-14)8-15/h4-5,12,14-15H,3,6-8H2,1-2H3. The van der Waals surface area contributed by atoms with Gasteiger partial charge >= 0.3 is 0 Å². The Hall–Kier alpha value is -0.910. The summed E-state index contributed by atoms with van der Waals surface area (Å²) in [5.41, 5.74) is -0.648. The summed E-state index contributed by atoms with van der Waals surface area (Å²) in [6.07, 6.45) is 3.65. The number of aliphatic hydroxyl groups excluding tert-OH is 2. The van der Waals surface area contributed by atoms with E-state index in [0.29, 0.717) is 6.54 Å². The fourth-order valence-electron chi connectivity index (χ4n) is 1.25. The lowest BCUT2D eigenvalue weighted by Crippen LogP contribution is -2.48. The van der Waals surface area contributed by atoms with Crippen LogP contribution in [0.4, 0.5) is 0 Å². The van der Waals surface area contributed by atoms with Crippen LogP contribution in [0.1, 0.15) is 19.7 Å². The smallest absolute Gasteiger partial charge is 0.122 e. The monoisotopic (exact) mass is 213 g/mol. The quantitative estimate of drug-likeness (QED) is 0.608. The van der Waals surface area contributed by atoms with Crippen molar-refractivity contribution >= 4 is 0 Å². The number of rotatable bonds is 6. The highest BCUT2D eigenvalue weighted by molar-refractivity contribution is 4.94. The summed E-state index contributed by atoms with van der Waals surface area (Å²) in [5.74, 6) is 0.908. The molecule has 86 valence electrons. The van der Waals surface area contributed by atoms with Crippen LogP contribution in [-0.2, 0) is 13.1 Å². The average molecular weight is 213 g/mol. The Labute approximate surface area is 89.8 Å². The van der Waals surface area contributed by atoms with Gasteiger partial charge in [-0.1, -0.05) is 0 Å². The molecule has 1 rings (SSSR count). The van der Waals surface area contributed by atoms with E-state index in [1.807, 2.05) is 17.7 Å². The van der Waals surface area contributed by atoms with Crippen LogP contribution >= 0.6 is 0 Å². The Morgan fingerprint density at radius 1 is 1.47 bits per heavy atom. The van der Waals surface area contributed by atoms with Gasteiger partial charge in [-0.15, -0.1) is 0 Å².